The van der Waals surface area contributed by atoms with Gasteiger partial charge in [-0.1, -0.05) is 41.7 Å². The third-order valence-electron chi connectivity index (χ3n) is 4.93. The van der Waals surface area contributed by atoms with E-state index >= 15 is 0 Å². The van der Waals surface area contributed by atoms with Crippen LogP contribution in [0.2, 0.25) is 0 Å². The molecule has 5 aromatic rings. The van der Waals surface area contributed by atoms with Crippen LogP contribution in [0.15, 0.2) is 80.7 Å². The van der Waals surface area contributed by atoms with E-state index in [1.54, 1.807) is 30.3 Å². The van der Waals surface area contributed by atoms with Gasteiger partial charge < -0.3 is 4.42 Å². The molecule has 0 aliphatic heterocycles. The first kappa shape index (κ1) is 20.5. The Labute approximate surface area is 189 Å². The second-order valence-electron chi connectivity index (χ2n) is 7.14. The van der Waals surface area contributed by atoms with Crippen molar-refractivity contribution in [1.29, 1.82) is 0 Å². The number of benzene rings is 2. The molecule has 9 nitrogen and oxygen atoms in total. The molecule has 10 heteroatoms. The van der Waals surface area contributed by atoms with Gasteiger partial charge in [-0.3, -0.25) is 19.7 Å². The van der Waals surface area contributed by atoms with E-state index in [-0.39, 0.29) is 22.8 Å². The van der Waals surface area contributed by atoms with Crippen LogP contribution < -0.4 is 15.7 Å². The van der Waals surface area contributed by atoms with E-state index in [0.717, 1.165) is 21.4 Å². The summed E-state index contributed by atoms with van der Waals surface area (Å²) in [5.74, 6) is 0.917. The second-order valence-corrected chi connectivity index (χ2v) is 8.15. The SMILES string of the molecule is O=c1nc2s/c(=C\c3ccc(-c4ccc([N+](=O)[O-])cc4)o3)c(=O)n2nc1Cc1ccccc1. The van der Waals surface area contributed by atoms with E-state index in [9.17, 15) is 19.7 Å². The van der Waals surface area contributed by atoms with E-state index in [1.165, 1.54) is 12.1 Å². The highest BCUT2D eigenvalue weighted by Crippen LogP contribution is 2.24. The van der Waals surface area contributed by atoms with Crippen LogP contribution in [0.4, 0.5) is 5.69 Å². The van der Waals surface area contributed by atoms with E-state index < -0.39 is 16.0 Å². The summed E-state index contributed by atoms with van der Waals surface area (Å²) in [5.41, 5.74) is 0.874. The van der Waals surface area contributed by atoms with Gasteiger partial charge in [-0.05, 0) is 29.8 Å². The average molecular weight is 458 g/mol. The van der Waals surface area contributed by atoms with E-state index in [4.69, 9.17) is 4.42 Å². The van der Waals surface area contributed by atoms with Gasteiger partial charge in [0.1, 0.15) is 21.7 Å². The molecule has 0 aliphatic carbocycles. The second kappa shape index (κ2) is 8.24. The van der Waals surface area contributed by atoms with Gasteiger partial charge in [0, 0.05) is 30.2 Å². The summed E-state index contributed by atoms with van der Waals surface area (Å²) in [4.78, 5) is 39.8. The lowest BCUT2D eigenvalue weighted by atomic mass is 10.1. The van der Waals surface area contributed by atoms with Gasteiger partial charge in [0.15, 0.2) is 0 Å². The van der Waals surface area contributed by atoms with Crippen LogP contribution in [0.1, 0.15) is 17.0 Å². The molecule has 0 atom stereocenters. The molecule has 3 heterocycles. The highest BCUT2D eigenvalue weighted by Gasteiger charge is 2.13. The predicted octanol–water partition coefficient (Wildman–Crippen LogP) is 2.82. The van der Waals surface area contributed by atoms with Gasteiger partial charge in [0.05, 0.1) is 4.92 Å². The number of aromatic nitrogens is 3. The van der Waals surface area contributed by atoms with Crippen LogP contribution >= 0.6 is 11.3 Å². The Bertz CT molecular complexity index is 1650. The third kappa shape index (κ3) is 4.06. The quantitative estimate of drug-likeness (QED) is 0.293. The fourth-order valence-electron chi connectivity index (χ4n) is 3.30. The molecule has 0 fully saturated rings. The Hall–Kier alpha value is -4.44. The molecule has 5 rings (SSSR count). The Balaban J connectivity index is 1.49. The van der Waals surface area contributed by atoms with Gasteiger partial charge in [-0.25, -0.2) is 0 Å². The minimum Gasteiger partial charge on any atom is -0.457 e. The van der Waals surface area contributed by atoms with Crippen LogP contribution in [-0.4, -0.2) is 19.5 Å². The summed E-state index contributed by atoms with van der Waals surface area (Å²) in [7, 11) is 0. The molecular formula is C23H14N4O5S. The molecule has 0 bridgehead atoms. The molecule has 0 unspecified atom stereocenters. The van der Waals surface area contributed by atoms with E-state index in [1.807, 2.05) is 30.3 Å². The maximum Gasteiger partial charge on any atom is 0.296 e. The molecule has 2 aromatic carbocycles. The molecule has 0 spiro atoms. The number of furan rings is 1. The number of hydrogen-bond acceptors (Lipinski definition) is 8. The van der Waals surface area contributed by atoms with Crippen LogP contribution in [0.3, 0.4) is 0 Å². The van der Waals surface area contributed by atoms with Crippen molar-refractivity contribution in [3.05, 3.63) is 119 Å². The highest BCUT2D eigenvalue weighted by molar-refractivity contribution is 7.15. The van der Waals surface area contributed by atoms with Gasteiger partial charge >= 0.3 is 0 Å². The van der Waals surface area contributed by atoms with Crippen LogP contribution in [0.25, 0.3) is 22.4 Å². The zero-order chi connectivity index (χ0) is 22.9. The number of non-ortho nitro benzene ring substituents is 1. The Kier molecular flexibility index (Phi) is 5.11. The van der Waals surface area contributed by atoms with Crippen molar-refractivity contribution in [1.82, 2.24) is 14.6 Å². The van der Waals surface area contributed by atoms with Gasteiger partial charge in [0.2, 0.25) is 4.96 Å². The summed E-state index contributed by atoms with van der Waals surface area (Å²) in [6.45, 7) is 0. The zero-order valence-corrected chi connectivity index (χ0v) is 17.7. The molecule has 162 valence electrons. The molecule has 0 radical (unpaired) electrons. The molecule has 0 saturated carbocycles. The van der Waals surface area contributed by atoms with E-state index in [2.05, 4.69) is 10.1 Å². The average Bonchev–Trinajstić information content (AvgIpc) is 3.40. The van der Waals surface area contributed by atoms with Crippen molar-refractivity contribution >= 4 is 28.1 Å². The first-order chi connectivity index (χ1) is 16.0. The van der Waals surface area contributed by atoms with Crippen molar-refractivity contribution in [2.75, 3.05) is 0 Å². The minimum atomic E-state index is -0.472. The van der Waals surface area contributed by atoms with Crippen molar-refractivity contribution in [3.8, 4) is 11.3 Å². The largest absolute Gasteiger partial charge is 0.457 e. The number of thiazole rings is 1. The summed E-state index contributed by atoms with van der Waals surface area (Å²) in [6.07, 6.45) is 1.83. The highest BCUT2D eigenvalue weighted by atomic mass is 32.1. The van der Waals surface area contributed by atoms with Crippen molar-refractivity contribution < 1.29 is 9.34 Å². The molecule has 0 amide bonds. The van der Waals surface area contributed by atoms with Gasteiger partial charge in [-0.2, -0.15) is 14.6 Å². The van der Waals surface area contributed by atoms with Crippen LogP contribution in [0.5, 0.6) is 0 Å². The number of nitro groups is 1. The minimum absolute atomic E-state index is 0.0141. The van der Waals surface area contributed by atoms with E-state index in [0.29, 0.717) is 21.6 Å². The molecule has 0 N–H and O–H groups in total. The lowest BCUT2D eigenvalue weighted by molar-refractivity contribution is -0.384. The summed E-state index contributed by atoms with van der Waals surface area (Å²) >= 11 is 1.04. The monoisotopic (exact) mass is 458 g/mol. The number of hydrogen-bond donors (Lipinski definition) is 0. The summed E-state index contributed by atoms with van der Waals surface area (Å²) in [5, 5.41) is 15.1. The number of nitrogens with zero attached hydrogens (tertiary/aromatic N) is 4. The zero-order valence-electron chi connectivity index (χ0n) is 16.9. The van der Waals surface area contributed by atoms with Crippen molar-refractivity contribution in [2.45, 2.75) is 6.42 Å². The maximum absolute atomic E-state index is 12.9. The number of nitro benzene ring substituents is 1. The molecular weight excluding hydrogens is 444 g/mol. The van der Waals surface area contributed by atoms with Crippen molar-refractivity contribution in [2.24, 2.45) is 0 Å². The fraction of sp³-hybridized carbons (Fsp3) is 0.0435. The van der Waals surface area contributed by atoms with Crippen molar-refractivity contribution in [3.63, 3.8) is 0 Å². The fourth-order valence-corrected chi connectivity index (χ4v) is 4.19. The maximum atomic E-state index is 12.9. The smallest absolute Gasteiger partial charge is 0.296 e. The number of fused-ring (bicyclic) bond motifs is 1. The summed E-state index contributed by atoms with van der Waals surface area (Å²) < 4.78 is 7.23. The van der Waals surface area contributed by atoms with Gasteiger partial charge in [-0.15, -0.1) is 0 Å². The van der Waals surface area contributed by atoms with Crippen LogP contribution in [-0.2, 0) is 6.42 Å². The first-order valence-corrected chi connectivity index (χ1v) is 10.6. The number of rotatable bonds is 5. The Morgan fingerprint density at radius 3 is 2.52 bits per heavy atom. The Morgan fingerprint density at radius 2 is 1.79 bits per heavy atom. The normalized spacial score (nSPS) is 11.8. The topological polar surface area (TPSA) is 121 Å². The lowest BCUT2D eigenvalue weighted by Crippen LogP contribution is -2.28. The predicted molar refractivity (Wildman–Crippen MR) is 122 cm³/mol. The molecule has 0 saturated heterocycles. The molecule has 33 heavy (non-hydrogen) atoms. The molecule has 0 aliphatic rings. The summed E-state index contributed by atoms with van der Waals surface area (Å²) in [6, 6.07) is 18.7. The molecule has 3 aromatic heterocycles. The van der Waals surface area contributed by atoms with Gasteiger partial charge in [0.25, 0.3) is 16.8 Å². The lowest BCUT2D eigenvalue weighted by Gasteiger charge is -1.99. The first-order valence-electron chi connectivity index (χ1n) is 9.81. The van der Waals surface area contributed by atoms with Crippen LogP contribution in [0, 0.1) is 10.1 Å². The Morgan fingerprint density at radius 1 is 1.03 bits per heavy atom. The standard InChI is InChI=1S/C23H14N4O5S/c28-21-18(12-14-4-2-1-3-5-14)25-26-22(29)20(33-23(26)24-21)13-17-10-11-19(32-17)15-6-8-16(9-7-15)27(30)31/h1-11,13H,12H2/b20-13-. The third-order valence-corrected chi connectivity index (χ3v) is 5.89.